The van der Waals surface area contributed by atoms with Crippen LogP contribution < -0.4 is 19.1 Å². The molecule has 2 aromatic carbocycles. The van der Waals surface area contributed by atoms with Crippen LogP contribution >= 0.6 is 0 Å². The molecule has 3 aliphatic heterocycles. The van der Waals surface area contributed by atoms with E-state index in [1.807, 2.05) is 29.2 Å². The van der Waals surface area contributed by atoms with Crippen LogP contribution in [0.4, 0.5) is 5.69 Å². The van der Waals surface area contributed by atoms with E-state index in [2.05, 4.69) is 12.1 Å². The summed E-state index contributed by atoms with van der Waals surface area (Å²) in [5.74, 6) is 3.01. The van der Waals surface area contributed by atoms with Gasteiger partial charge in [0.2, 0.25) is 12.7 Å². The molecular weight excluding hydrogens is 330 g/mol. The van der Waals surface area contributed by atoms with Gasteiger partial charge in [-0.2, -0.15) is 0 Å². The molecular formula is C21H19NO4. The Kier molecular flexibility index (Phi) is 2.75. The van der Waals surface area contributed by atoms with Gasteiger partial charge < -0.3 is 19.1 Å². The van der Waals surface area contributed by atoms with E-state index in [-0.39, 0.29) is 12.7 Å². The van der Waals surface area contributed by atoms with Gasteiger partial charge >= 0.3 is 0 Å². The number of ether oxygens (including phenoxy) is 3. The maximum atomic E-state index is 13.7. The van der Waals surface area contributed by atoms with Gasteiger partial charge in [0.15, 0.2) is 11.5 Å². The Morgan fingerprint density at radius 3 is 2.65 bits per heavy atom. The highest BCUT2D eigenvalue weighted by molar-refractivity contribution is 6.11. The smallest absolute Gasteiger partial charge is 0.245 e. The Bertz CT molecular complexity index is 936. The Labute approximate surface area is 151 Å². The summed E-state index contributed by atoms with van der Waals surface area (Å²) < 4.78 is 17.0. The summed E-state index contributed by atoms with van der Waals surface area (Å²) in [6, 6.07) is 11.9. The fourth-order valence-electron chi connectivity index (χ4n) is 4.50. The SMILES string of the molecule is O=C1N(CCC2CC2)c2ccccc2C12COc1cc3c(cc12)OCO3. The second kappa shape index (κ2) is 4.93. The molecule has 132 valence electrons. The fraction of sp³-hybridized carbons (Fsp3) is 0.381. The Morgan fingerprint density at radius 1 is 1.00 bits per heavy atom. The van der Waals surface area contributed by atoms with E-state index in [0.717, 1.165) is 41.4 Å². The molecule has 6 rings (SSSR count). The Balaban J connectivity index is 1.50. The number of hydrogen-bond donors (Lipinski definition) is 0. The molecule has 0 aromatic heterocycles. The normalized spacial score (nSPS) is 24.8. The number of carbonyl (C=O) groups is 1. The second-order valence-corrected chi connectivity index (χ2v) is 7.60. The number of nitrogens with zero attached hydrogens (tertiary/aromatic N) is 1. The first kappa shape index (κ1) is 14.5. The molecule has 2 aromatic rings. The van der Waals surface area contributed by atoms with Crippen LogP contribution in [0.5, 0.6) is 17.2 Å². The third kappa shape index (κ3) is 1.78. The van der Waals surface area contributed by atoms with Crippen LogP contribution in [0.3, 0.4) is 0 Å². The van der Waals surface area contributed by atoms with Gasteiger partial charge in [-0.3, -0.25) is 4.79 Å². The number of para-hydroxylation sites is 1. The average molecular weight is 349 g/mol. The summed E-state index contributed by atoms with van der Waals surface area (Å²) in [5.41, 5.74) is 2.19. The summed E-state index contributed by atoms with van der Waals surface area (Å²) in [5, 5.41) is 0. The van der Waals surface area contributed by atoms with E-state index in [0.29, 0.717) is 18.1 Å². The minimum atomic E-state index is -0.767. The van der Waals surface area contributed by atoms with Crippen LogP contribution in [-0.4, -0.2) is 25.9 Å². The molecule has 1 unspecified atom stereocenters. The predicted octanol–water partition coefficient (Wildman–Crippen LogP) is 3.24. The van der Waals surface area contributed by atoms with Crippen molar-refractivity contribution in [2.75, 3.05) is 24.8 Å². The van der Waals surface area contributed by atoms with Crippen molar-refractivity contribution < 1.29 is 19.0 Å². The number of fused-ring (bicyclic) bond motifs is 5. The topological polar surface area (TPSA) is 48.0 Å². The Morgan fingerprint density at radius 2 is 1.81 bits per heavy atom. The van der Waals surface area contributed by atoms with Gasteiger partial charge in [0.05, 0.1) is 0 Å². The van der Waals surface area contributed by atoms with Crippen LogP contribution in [0.2, 0.25) is 0 Å². The molecule has 26 heavy (non-hydrogen) atoms. The lowest BCUT2D eigenvalue weighted by Gasteiger charge is -2.23. The van der Waals surface area contributed by atoms with Gasteiger partial charge in [0, 0.05) is 23.9 Å². The molecule has 0 saturated heterocycles. The van der Waals surface area contributed by atoms with Gasteiger partial charge in [0.25, 0.3) is 0 Å². The molecule has 5 heteroatoms. The second-order valence-electron chi connectivity index (χ2n) is 7.60. The van der Waals surface area contributed by atoms with Crippen molar-refractivity contribution in [1.82, 2.24) is 0 Å². The molecule has 1 saturated carbocycles. The van der Waals surface area contributed by atoms with Crippen LogP contribution in [0.1, 0.15) is 30.4 Å². The minimum Gasteiger partial charge on any atom is -0.491 e. The number of rotatable bonds is 3. The average Bonchev–Trinajstić information content (AvgIpc) is 3.17. The first-order chi connectivity index (χ1) is 12.8. The predicted molar refractivity (Wildman–Crippen MR) is 95.0 cm³/mol. The zero-order valence-corrected chi connectivity index (χ0v) is 14.4. The summed E-state index contributed by atoms with van der Waals surface area (Å²) >= 11 is 0. The molecule has 1 amide bonds. The molecule has 3 heterocycles. The van der Waals surface area contributed by atoms with Crippen LogP contribution in [0.15, 0.2) is 36.4 Å². The maximum Gasteiger partial charge on any atom is 0.245 e. The number of carbonyl (C=O) groups excluding carboxylic acids is 1. The number of anilines is 1. The monoisotopic (exact) mass is 349 g/mol. The van der Waals surface area contributed by atoms with Crippen LogP contribution in [0, 0.1) is 5.92 Å². The standard InChI is InChI=1S/C21H19NO4/c23-20-21(11-24-17-10-19-18(9-15(17)21)25-12-26-19)14-3-1-2-4-16(14)22(20)8-7-13-5-6-13/h1-4,9-10,13H,5-8,11-12H2. The van der Waals surface area contributed by atoms with E-state index >= 15 is 0 Å². The van der Waals surface area contributed by atoms with Crippen molar-refractivity contribution >= 4 is 11.6 Å². The number of hydrogen-bond acceptors (Lipinski definition) is 4. The van der Waals surface area contributed by atoms with Gasteiger partial charge in [-0.25, -0.2) is 0 Å². The molecule has 1 spiro atoms. The molecule has 5 nitrogen and oxygen atoms in total. The van der Waals surface area contributed by atoms with Crippen molar-refractivity contribution in [2.45, 2.75) is 24.7 Å². The van der Waals surface area contributed by atoms with Crippen molar-refractivity contribution in [3.05, 3.63) is 47.5 Å². The molecule has 1 atom stereocenters. The fourth-order valence-corrected chi connectivity index (χ4v) is 4.50. The van der Waals surface area contributed by atoms with Crippen molar-refractivity contribution in [3.8, 4) is 17.2 Å². The number of amides is 1. The van der Waals surface area contributed by atoms with Crippen molar-refractivity contribution in [3.63, 3.8) is 0 Å². The summed E-state index contributed by atoms with van der Waals surface area (Å²) in [6.45, 7) is 1.33. The lowest BCUT2D eigenvalue weighted by atomic mass is 9.77. The van der Waals surface area contributed by atoms with Gasteiger partial charge in [-0.15, -0.1) is 0 Å². The van der Waals surface area contributed by atoms with E-state index in [1.54, 1.807) is 0 Å². The number of benzene rings is 2. The van der Waals surface area contributed by atoms with E-state index in [1.165, 1.54) is 12.8 Å². The zero-order chi connectivity index (χ0) is 17.3. The van der Waals surface area contributed by atoms with E-state index in [4.69, 9.17) is 14.2 Å². The molecule has 4 aliphatic rings. The highest BCUT2D eigenvalue weighted by Crippen LogP contribution is 2.55. The van der Waals surface area contributed by atoms with Crippen molar-refractivity contribution in [2.24, 2.45) is 5.92 Å². The highest BCUT2D eigenvalue weighted by atomic mass is 16.7. The van der Waals surface area contributed by atoms with E-state index < -0.39 is 5.41 Å². The van der Waals surface area contributed by atoms with Crippen LogP contribution in [0.25, 0.3) is 0 Å². The molecule has 0 N–H and O–H groups in total. The minimum absolute atomic E-state index is 0.122. The molecule has 1 fully saturated rings. The lowest BCUT2D eigenvalue weighted by Crippen LogP contribution is -2.42. The molecule has 0 bridgehead atoms. The Hall–Kier alpha value is -2.69. The van der Waals surface area contributed by atoms with Gasteiger partial charge in [-0.05, 0) is 30.0 Å². The third-order valence-corrected chi connectivity index (χ3v) is 6.10. The third-order valence-electron chi connectivity index (χ3n) is 6.10. The maximum absolute atomic E-state index is 13.7. The van der Waals surface area contributed by atoms with Gasteiger partial charge in [-0.1, -0.05) is 31.0 Å². The van der Waals surface area contributed by atoms with Gasteiger partial charge in [0.1, 0.15) is 17.8 Å². The molecule has 1 aliphatic carbocycles. The van der Waals surface area contributed by atoms with Crippen molar-refractivity contribution in [1.29, 1.82) is 0 Å². The largest absolute Gasteiger partial charge is 0.491 e. The summed E-state index contributed by atoms with van der Waals surface area (Å²) in [6.07, 6.45) is 3.67. The molecule has 0 radical (unpaired) electrons. The van der Waals surface area contributed by atoms with E-state index in [9.17, 15) is 4.79 Å². The summed E-state index contributed by atoms with van der Waals surface area (Å²) in [4.78, 5) is 15.6. The quantitative estimate of drug-likeness (QED) is 0.854. The first-order valence-corrected chi connectivity index (χ1v) is 9.26. The lowest BCUT2D eigenvalue weighted by molar-refractivity contribution is -0.122. The zero-order valence-electron chi connectivity index (χ0n) is 14.4. The summed E-state index contributed by atoms with van der Waals surface area (Å²) in [7, 11) is 0. The highest BCUT2D eigenvalue weighted by Gasteiger charge is 2.57. The van der Waals surface area contributed by atoms with Crippen LogP contribution in [-0.2, 0) is 10.2 Å². The first-order valence-electron chi connectivity index (χ1n) is 9.26.